The SMILES string of the molecule is CC[C@@H](CC#N)OC(=O)c1cccnc1. The fourth-order valence-electron chi connectivity index (χ4n) is 1.07. The lowest BCUT2D eigenvalue weighted by atomic mass is 10.2. The highest BCUT2D eigenvalue weighted by Gasteiger charge is 2.13. The van der Waals surface area contributed by atoms with Gasteiger partial charge in [-0.1, -0.05) is 6.92 Å². The van der Waals surface area contributed by atoms with Gasteiger partial charge in [-0.15, -0.1) is 0 Å². The normalized spacial score (nSPS) is 11.5. The zero-order chi connectivity index (χ0) is 11.1. The summed E-state index contributed by atoms with van der Waals surface area (Å²) in [5, 5.41) is 8.50. The Bertz CT molecular complexity index is 357. The first-order valence-electron chi connectivity index (χ1n) is 4.76. The molecule has 15 heavy (non-hydrogen) atoms. The van der Waals surface area contributed by atoms with E-state index in [0.717, 1.165) is 0 Å². The van der Waals surface area contributed by atoms with E-state index < -0.39 is 5.97 Å². The molecule has 0 aliphatic carbocycles. The molecule has 1 rings (SSSR count). The molecule has 1 aromatic rings. The van der Waals surface area contributed by atoms with E-state index in [0.29, 0.717) is 12.0 Å². The van der Waals surface area contributed by atoms with Crippen LogP contribution in [0.15, 0.2) is 24.5 Å². The molecule has 0 aliphatic heterocycles. The Hall–Kier alpha value is -1.89. The summed E-state index contributed by atoms with van der Waals surface area (Å²) in [5.74, 6) is -0.426. The molecule has 4 heteroatoms. The number of hydrogen-bond donors (Lipinski definition) is 0. The Morgan fingerprint density at radius 2 is 2.53 bits per heavy atom. The first-order chi connectivity index (χ1) is 7.27. The third-order valence-corrected chi connectivity index (χ3v) is 1.95. The van der Waals surface area contributed by atoms with Crippen molar-refractivity contribution in [2.24, 2.45) is 0 Å². The fourth-order valence-corrected chi connectivity index (χ4v) is 1.07. The zero-order valence-electron chi connectivity index (χ0n) is 8.51. The van der Waals surface area contributed by atoms with Crippen LogP contribution in [0.1, 0.15) is 30.1 Å². The number of nitrogens with zero attached hydrogens (tertiary/aromatic N) is 2. The number of pyridine rings is 1. The van der Waals surface area contributed by atoms with E-state index in [-0.39, 0.29) is 12.5 Å². The summed E-state index contributed by atoms with van der Waals surface area (Å²) in [4.78, 5) is 15.3. The van der Waals surface area contributed by atoms with Crippen molar-refractivity contribution in [3.05, 3.63) is 30.1 Å². The molecule has 0 radical (unpaired) electrons. The third-order valence-electron chi connectivity index (χ3n) is 1.95. The van der Waals surface area contributed by atoms with Crippen LogP contribution in [0.5, 0.6) is 0 Å². The Balaban J connectivity index is 2.59. The summed E-state index contributed by atoms with van der Waals surface area (Å²) in [5.41, 5.74) is 0.411. The summed E-state index contributed by atoms with van der Waals surface area (Å²) < 4.78 is 5.12. The van der Waals surface area contributed by atoms with Crippen molar-refractivity contribution in [2.45, 2.75) is 25.9 Å². The molecule has 0 unspecified atom stereocenters. The second-order valence-electron chi connectivity index (χ2n) is 3.04. The summed E-state index contributed by atoms with van der Waals surface area (Å²) in [6.07, 6.45) is 3.56. The van der Waals surface area contributed by atoms with E-state index in [1.165, 1.54) is 6.20 Å². The van der Waals surface area contributed by atoms with Gasteiger partial charge >= 0.3 is 5.97 Å². The van der Waals surface area contributed by atoms with E-state index in [1.807, 2.05) is 13.0 Å². The molecule has 0 spiro atoms. The van der Waals surface area contributed by atoms with Crippen LogP contribution in [0, 0.1) is 11.3 Å². The molecule has 1 aromatic heterocycles. The van der Waals surface area contributed by atoms with Crippen molar-refractivity contribution in [3.8, 4) is 6.07 Å². The van der Waals surface area contributed by atoms with Gasteiger partial charge in [0, 0.05) is 12.4 Å². The number of rotatable bonds is 4. The minimum absolute atomic E-state index is 0.225. The van der Waals surface area contributed by atoms with Gasteiger partial charge in [0.05, 0.1) is 18.1 Å². The van der Waals surface area contributed by atoms with Crippen LogP contribution in [0.3, 0.4) is 0 Å². The van der Waals surface area contributed by atoms with Crippen molar-refractivity contribution in [3.63, 3.8) is 0 Å². The van der Waals surface area contributed by atoms with Crippen LogP contribution in [-0.4, -0.2) is 17.1 Å². The van der Waals surface area contributed by atoms with Crippen LogP contribution in [-0.2, 0) is 4.74 Å². The number of aromatic nitrogens is 1. The molecule has 0 saturated carbocycles. The Labute approximate surface area is 88.5 Å². The van der Waals surface area contributed by atoms with Crippen LogP contribution in [0.4, 0.5) is 0 Å². The first kappa shape index (κ1) is 11.2. The van der Waals surface area contributed by atoms with E-state index >= 15 is 0 Å². The number of carbonyl (C=O) groups excluding carboxylic acids is 1. The Kier molecular flexibility index (Phi) is 4.30. The van der Waals surface area contributed by atoms with E-state index in [1.54, 1.807) is 18.3 Å². The van der Waals surface area contributed by atoms with Crippen molar-refractivity contribution in [2.75, 3.05) is 0 Å². The smallest absolute Gasteiger partial charge is 0.340 e. The van der Waals surface area contributed by atoms with Crippen LogP contribution < -0.4 is 0 Å². The van der Waals surface area contributed by atoms with Crippen molar-refractivity contribution in [1.29, 1.82) is 5.26 Å². The van der Waals surface area contributed by atoms with Crippen molar-refractivity contribution in [1.82, 2.24) is 4.98 Å². The van der Waals surface area contributed by atoms with Crippen molar-refractivity contribution < 1.29 is 9.53 Å². The second kappa shape index (κ2) is 5.76. The monoisotopic (exact) mass is 204 g/mol. The van der Waals surface area contributed by atoms with E-state index in [4.69, 9.17) is 10.00 Å². The van der Waals surface area contributed by atoms with Crippen LogP contribution in [0.2, 0.25) is 0 Å². The largest absolute Gasteiger partial charge is 0.458 e. The molecule has 0 aromatic carbocycles. The molecule has 0 bridgehead atoms. The number of carbonyl (C=O) groups is 1. The topological polar surface area (TPSA) is 63.0 Å². The standard InChI is InChI=1S/C11H12N2O2/c1-2-10(5-6-12)15-11(14)9-4-3-7-13-8-9/h3-4,7-8,10H,2,5H2,1H3/t10-/m0/s1. The highest BCUT2D eigenvalue weighted by molar-refractivity contribution is 5.89. The van der Waals surface area contributed by atoms with Gasteiger partial charge in [-0.2, -0.15) is 5.26 Å². The molecule has 0 saturated heterocycles. The molecule has 4 nitrogen and oxygen atoms in total. The summed E-state index contributed by atoms with van der Waals surface area (Å²) >= 11 is 0. The van der Waals surface area contributed by atoms with Crippen molar-refractivity contribution >= 4 is 5.97 Å². The lowest BCUT2D eigenvalue weighted by Crippen LogP contribution is -2.17. The second-order valence-corrected chi connectivity index (χ2v) is 3.04. The van der Waals surface area contributed by atoms with Gasteiger partial charge in [0.2, 0.25) is 0 Å². The van der Waals surface area contributed by atoms with Gasteiger partial charge in [0.15, 0.2) is 0 Å². The molecule has 0 amide bonds. The van der Waals surface area contributed by atoms with Gasteiger partial charge in [-0.3, -0.25) is 4.98 Å². The van der Waals surface area contributed by atoms with E-state index in [2.05, 4.69) is 4.98 Å². The average molecular weight is 204 g/mol. The molecule has 78 valence electrons. The number of nitriles is 1. The highest BCUT2D eigenvalue weighted by Crippen LogP contribution is 2.07. The molecule has 1 atom stereocenters. The number of esters is 1. The summed E-state index contributed by atoms with van der Waals surface area (Å²) in [6, 6.07) is 5.28. The van der Waals surface area contributed by atoms with E-state index in [9.17, 15) is 4.79 Å². The van der Waals surface area contributed by atoms with Gasteiger partial charge in [-0.25, -0.2) is 4.79 Å². The Morgan fingerprint density at radius 1 is 1.73 bits per heavy atom. The third kappa shape index (κ3) is 3.39. The van der Waals surface area contributed by atoms with Crippen LogP contribution in [0.25, 0.3) is 0 Å². The van der Waals surface area contributed by atoms with Gasteiger partial charge in [0.1, 0.15) is 6.10 Å². The molecule has 0 N–H and O–H groups in total. The number of ether oxygens (including phenoxy) is 1. The minimum atomic E-state index is -0.426. The minimum Gasteiger partial charge on any atom is -0.458 e. The first-order valence-corrected chi connectivity index (χ1v) is 4.76. The predicted octanol–water partition coefficient (Wildman–Crippen LogP) is 1.93. The number of hydrogen-bond acceptors (Lipinski definition) is 4. The van der Waals surface area contributed by atoms with Gasteiger partial charge in [0.25, 0.3) is 0 Å². The maximum atomic E-state index is 11.5. The average Bonchev–Trinajstić information content (AvgIpc) is 2.29. The van der Waals surface area contributed by atoms with Gasteiger partial charge < -0.3 is 4.74 Å². The molecule has 0 aliphatic rings. The Morgan fingerprint density at radius 3 is 3.07 bits per heavy atom. The summed E-state index contributed by atoms with van der Waals surface area (Å²) in [7, 11) is 0. The quantitative estimate of drug-likeness (QED) is 0.703. The lowest BCUT2D eigenvalue weighted by molar-refractivity contribution is 0.0303. The predicted molar refractivity (Wildman–Crippen MR) is 54.0 cm³/mol. The van der Waals surface area contributed by atoms with Crippen LogP contribution >= 0.6 is 0 Å². The van der Waals surface area contributed by atoms with Gasteiger partial charge in [-0.05, 0) is 18.6 Å². The zero-order valence-corrected chi connectivity index (χ0v) is 8.51. The highest BCUT2D eigenvalue weighted by atomic mass is 16.5. The maximum Gasteiger partial charge on any atom is 0.340 e. The molecule has 1 heterocycles. The maximum absolute atomic E-state index is 11.5. The molecule has 0 fully saturated rings. The molecular formula is C11H12N2O2. The lowest BCUT2D eigenvalue weighted by Gasteiger charge is -2.12. The fraction of sp³-hybridized carbons (Fsp3) is 0.364. The molecular weight excluding hydrogens is 192 g/mol. The summed E-state index contributed by atoms with van der Waals surface area (Å²) in [6.45, 7) is 1.87.